The lowest BCUT2D eigenvalue weighted by Gasteiger charge is -2.22. The van der Waals surface area contributed by atoms with Crippen LogP contribution in [0.5, 0.6) is 0 Å². The fourth-order valence-electron chi connectivity index (χ4n) is 1.46. The molecule has 1 rings (SSSR count). The van der Waals surface area contributed by atoms with Crippen molar-refractivity contribution < 1.29 is 9.90 Å². The molecule has 1 aromatic carbocycles. The molecule has 1 atom stereocenters. The third-order valence-corrected chi connectivity index (χ3v) is 2.10. The van der Waals surface area contributed by atoms with Gasteiger partial charge in [0.1, 0.15) is 0 Å². The van der Waals surface area contributed by atoms with Gasteiger partial charge in [-0.2, -0.15) is 0 Å². The molecule has 3 nitrogen and oxygen atoms in total. The number of rotatable bonds is 5. The van der Waals surface area contributed by atoms with E-state index in [1.807, 2.05) is 44.2 Å². The van der Waals surface area contributed by atoms with Gasteiger partial charge in [-0.15, -0.1) is 0 Å². The van der Waals surface area contributed by atoms with Gasteiger partial charge in [-0.3, -0.25) is 0 Å². The van der Waals surface area contributed by atoms with Crippen molar-refractivity contribution in [1.82, 2.24) is 5.32 Å². The Kier molecular flexibility index (Phi) is 4.31. The Morgan fingerprint density at radius 1 is 1.33 bits per heavy atom. The number of aliphatic carboxylic acids is 1. The lowest BCUT2D eigenvalue weighted by atomic mass is 10.1. The zero-order valence-corrected chi connectivity index (χ0v) is 9.07. The van der Waals surface area contributed by atoms with Crippen molar-refractivity contribution in [3.63, 3.8) is 0 Å². The van der Waals surface area contributed by atoms with Gasteiger partial charge >= 0.3 is 0 Å². The number of carboxylic acid groups (broad SMARTS) is 1. The van der Waals surface area contributed by atoms with E-state index in [0.29, 0.717) is 6.42 Å². The molecule has 0 radical (unpaired) electrons. The summed E-state index contributed by atoms with van der Waals surface area (Å²) in [7, 11) is 0. The van der Waals surface area contributed by atoms with Crippen LogP contribution >= 0.6 is 0 Å². The van der Waals surface area contributed by atoms with Crippen LogP contribution in [0.4, 0.5) is 0 Å². The van der Waals surface area contributed by atoms with Gasteiger partial charge in [0.25, 0.3) is 0 Å². The Balaban J connectivity index is 2.63. The standard InChI is InChI=1S/C12H17NO2/c1-9(2)13-11(12(14)15)8-10-6-4-3-5-7-10/h3-7,9,11,13H,8H2,1-2H3,(H,14,15)/p-1. The minimum absolute atomic E-state index is 0.136. The highest BCUT2D eigenvalue weighted by Crippen LogP contribution is 2.03. The smallest absolute Gasteiger partial charge is 0.0587 e. The molecule has 1 aromatic rings. The van der Waals surface area contributed by atoms with Crippen molar-refractivity contribution in [1.29, 1.82) is 0 Å². The third-order valence-electron chi connectivity index (χ3n) is 2.10. The molecule has 0 amide bonds. The van der Waals surface area contributed by atoms with Crippen LogP contribution in [0.3, 0.4) is 0 Å². The average molecular weight is 206 g/mol. The van der Waals surface area contributed by atoms with E-state index in [1.165, 1.54) is 0 Å². The quantitative estimate of drug-likeness (QED) is 0.756. The summed E-state index contributed by atoms with van der Waals surface area (Å²) in [6.45, 7) is 3.84. The van der Waals surface area contributed by atoms with Gasteiger partial charge in [-0.25, -0.2) is 0 Å². The summed E-state index contributed by atoms with van der Waals surface area (Å²) in [5.74, 6) is -1.05. The molecule has 1 unspecified atom stereocenters. The molecule has 0 saturated heterocycles. The first-order valence-corrected chi connectivity index (χ1v) is 5.10. The zero-order valence-electron chi connectivity index (χ0n) is 9.07. The summed E-state index contributed by atoms with van der Waals surface area (Å²) in [5.41, 5.74) is 1.000. The number of carbonyl (C=O) groups is 1. The molecule has 0 aromatic heterocycles. The third kappa shape index (κ3) is 4.13. The second-order valence-electron chi connectivity index (χ2n) is 3.88. The van der Waals surface area contributed by atoms with Crippen LogP contribution in [0.2, 0.25) is 0 Å². The van der Waals surface area contributed by atoms with Crippen molar-refractivity contribution in [3.05, 3.63) is 35.9 Å². The Labute approximate surface area is 90.1 Å². The maximum Gasteiger partial charge on any atom is 0.0587 e. The molecular formula is C12H16NO2-. The predicted octanol–water partition coefficient (Wildman–Crippen LogP) is 0.346. The minimum atomic E-state index is -1.05. The van der Waals surface area contributed by atoms with E-state index >= 15 is 0 Å². The number of nitrogens with one attached hydrogen (secondary N) is 1. The Hall–Kier alpha value is -1.35. The van der Waals surface area contributed by atoms with Crippen LogP contribution in [0.25, 0.3) is 0 Å². The number of hydrogen-bond acceptors (Lipinski definition) is 3. The predicted molar refractivity (Wildman–Crippen MR) is 57.2 cm³/mol. The minimum Gasteiger partial charge on any atom is -0.548 e. The summed E-state index contributed by atoms with van der Waals surface area (Å²) >= 11 is 0. The van der Waals surface area contributed by atoms with Crippen molar-refractivity contribution in [2.24, 2.45) is 0 Å². The van der Waals surface area contributed by atoms with Crippen LogP contribution in [0.15, 0.2) is 30.3 Å². The van der Waals surface area contributed by atoms with Gasteiger partial charge in [-0.1, -0.05) is 44.2 Å². The molecule has 82 valence electrons. The lowest BCUT2D eigenvalue weighted by molar-refractivity contribution is -0.308. The maximum atomic E-state index is 10.9. The van der Waals surface area contributed by atoms with Gasteiger partial charge in [0.05, 0.1) is 12.0 Å². The Bertz CT molecular complexity index is 309. The molecule has 3 heteroatoms. The highest BCUT2D eigenvalue weighted by molar-refractivity contribution is 5.71. The van der Waals surface area contributed by atoms with E-state index in [9.17, 15) is 9.90 Å². The van der Waals surface area contributed by atoms with Gasteiger partial charge < -0.3 is 15.2 Å². The average Bonchev–Trinajstić information content (AvgIpc) is 2.17. The van der Waals surface area contributed by atoms with Crippen LogP contribution in [-0.2, 0) is 11.2 Å². The van der Waals surface area contributed by atoms with Crippen LogP contribution < -0.4 is 10.4 Å². The SMILES string of the molecule is CC(C)NC(Cc1ccccc1)C(=O)[O-]. The summed E-state index contributed by atoms with van der Waals surface area (Å²) < 4.78 is 0. The molecule has 0 saturated carbocycles. The van der Waals surface area contributed by atoms with Crippen molar-refractivity contribution in [2.75, 3.05) is 0 Å². The maximum absolute atomic E-state index is 10.9. The largest absolute Gasteiger partial charge is 0.548 e. The molecule has 0 aliphatic carbocycles. The van der Waals surface area contributed by atoms with E-state index in [0.717, 1.165) is 5.56 Å². The number of carbonyl (C=O) groups excluding carboxylic acids is 1. The molecule has 0 heterocycles. The van der Waals surface area contributed by atoms with E-state index in [2.05, 4.69) is 5.32 Å². The van der Waals surface area contributed by atoms with E-state index < -0.39 is 12.0 Å². The molecule has 1 N–H and O–H groups in total. The van der Waals surface area contributed by atoms with Gasteiger partial charge in [0.2, 0.25) is 0 Å². The van der Waals surface area contributed by atoms with Crippen LogP contribution in [0.1, 0.15) is 19.4 Å². The highest BCUT2D eigenvalue weighted by atomic mass is 16.4. The number of hydrogen-bond donors (Lipinski definition) is 1. The highest BCUT2D eigenvalue weighted by Gasteiger charge is 2.11. The fourth-order valence-corrected chi connectivity index (χ4v) is 1.46. The first-order valence-electron chi connectivity index (χ1n) is 5.10. The molecule has 0 aliphatic heterocycles. The normalized spacial score (nSPS) is 12.7. The lowest BCUT2D eigenvalue weighted by Crippen LogP contribution is -2.49. The van der Waals surface area contributed by atoms with Crippen LogP contribution in [0, 0.1) is 0 Å². The first-order chi connectivity index (χ1) is 7.09. The Morgan fingerprint density at radius 3 is 2.40 bits per heavy atom. The summed E-state index contributed by atoms with van der Waals surface area (Å²) in [4.78, 5) is 10.9. The molecule has 0 bridgehead atoms. The van der Waals surface area contributed by atoms with Crippen molar-refractivity contribution >= 4 is 5.97 Å². The summed E-state index contributed by atoms with van der Waals surface area (Å²) in [5, 5.41) is 13.8. The zero-order chi connectivity index (χ0) is 11.3. The monoisotopic (exact) mass is 206 g/mol. The summed E-state index contributed by atoms with van der Waals surface area (Å²) in [6, 6.07) is 9.06. The van der Waals surface area contributed by atoms with Gasteiger partial charge in [-0.05, 0) is 12.0 Å². The number of carboxylic acids is 1. The Morgan fingerprint density at radius 2 is 1.93 bits per heavy atom. The molecule has 15 heavy (non-hydrogen) atoms. The van der Waals surface area contributed by atoms with Crippen LogP contribution in [-0.4, -0.2) is 18.1 Å². The number of benzene rings is 1. The van der Waals surface area contributed by atoms with E-state index in [-0.39, 0.29) is 6.04 Å². The molecular weight excluding hydrogens is 190 g/mol. The topological polar surface area (TPSA) is 52.2 Å². The molecule has 0 fully saturated rings. The van der Waals surface area contributed by atoms with E-state index in [4.69, 9.17) is 0 Å². The fraction of sp³-hybridized carbons (Fsp3) is 0.417. The van der Waals surface area contributed by atoms with Crippen molar-refractivity contribution in [2.45, 2.75) is 32.4 Å². The van der Waals surface area contributed by atoms with Crippen molar-refractivity contribution in [3.8, 4) is 0 Å². The summed E-state index contributed by atoms with van der Waals surface area (Å²) in [6.07, 6.45) is 0.460. The second-order valence-corrected chi connectivity index (χ2v) is 3.88. The second kappa shape index (κ2) is 5.51. The molecule has 0 spiro atoms. The van der Waals surface area contributed by atoms with Gasteiger partial charge in [0, 0.05) is 6.04 Å². The first kappa shape index (κ1) is 11.7. The van der Waals surface area contributed by atoms with E-state index in [1.54, 1.807) is 0 Å². The van der Waals surface area contributed by atoms with Gasteiger partial charge in [0.15, 0.2) is 0 Å². The molecule has 0 aliphatic rings.